The van der Waals surface area contributed by atoms with Crippen molar-refractivity contribution in [2.24, 2.45) is 0 Å². The Hall–Kier alpha value is -4.18. The second-order valence-electron chi connectivity index (χ2n) is 8.95. The lowest BCUT2D eigenvalue weighted by molar-refractivity contribution is -0.142. The fourth-order valence-electron chi connectivity index (χ4n) is 4.01. The van der Waals surface area contributed by atoms with Crippen LogP contribution >= 0.6 is 11.6 Å². The van der Waals surface area contributed by atoms with E-state index in [4.69, 9.17) is 25.8 Å². The highest BCUT2D eigenvalue weighted by molar-refractivity contribution is 6.39. The highest BCUT2D eigenvalue weighted by Gasteiger charge is 2.30. The summed E-state index contributed by atoms with van der Waals surface area (Å²) in [5, 5.41) is 3.09. The van der Waals surface area contributed by atoms with Crippen molar-refractivity contribution >= 4 is 34.4 Å². The summed E-state index contributed by atoms with van der Waals surface area (Å²) in [5.41, 5.74) is 0.443. The molecule has 0 unspecified atom stereocenters. The maximum absolute atomic E-state index is 13.3. The van der Waals surface area contributed by atoms with Gasteiger partial charge in [0.15, 0.2) is 0 Å². The van der Waals surface area contributed by atoms with Gasteiger partial charge in [0.2, 0.25) is 0 Å². The van der Waals surface area contributed by atoms with E-state index in [1.54, 1.807) is 54.0 Å². The Bertz CT molecular complexity index is 1510. The van der Waals surface area contributed by atoms with Gasteiger partial charge in [0.25, 0.3) is 5.91 Å². The summed E-state index contributed by atoms with van der Waals surface area (Å²) in [7, 11) is 0. The molecule has 1 heterocycles. The summed E-state index contributed by atoms with van der Waals surface area (Å²) >= 11 is 6.73. The number of esters is 1. The SMILES string of the molecule is CCOC(=O)CNC(=O)c1c(Cl)c2cc(Oc3ccc(C(F)(F)F)cc3)ccc2n1-c1ccc(OC(C)C)cc1. The quantitative estimate of drug-likeness (QED) is 0.214. The smallest absolute Gasteiger partial charge is 0.416 e. The summed E-state index contributed by atoms with van der Waals surface area (Å²) in [6.45, 7) is 5.29. The summed E-state index contributed by atoms with van der Waals surface area (Å²) in [5.74, 6) is -0.0811. The normalized spacial score (nSPS) is 11.5. The van der Waals surface area contributed by atoms with E-state index < -0.39 is 23.6 Å². The first kappa shape index (κ1) is 28.8. The van der Waals surface area contributed by atoms with Crippen molar-refractivity contribution in [3.63, 3.8) is 0 Å². The number of nitrogens with one attached hydrogen (secondary N) is 1. The van der Waals surface area contributed by atoms with Crippen molar-refractivity contribution in [1.29, 1.82) is 0 Å². The first-order chi connectivity index (χ1) is 19.0. The number of hydrogen-bond acceptors (Lipinski definition) is 5. The molecule has 0 radical (unpaired) electrons. The molecule has 1 aromatic heterocycles. The molecule has 0 atom stereocenters. The molecule has 1 amide bonds. The van der Waals surface area contributed by atoms with Crippen LogP contribution in [0.5, 0.6) is 17.2 Å². The molecule has 4 rings (SSSR count). The number of aromatic nitrogens is 1. The molecule has 0 fully saturated rings. The predicted molar refractivity (Wildman–Crippen MR) is 145 cm³/mol. The Morgan fingerprint density at radius 3 is 2.17 bits per heavy atom. The number of halogens is 4. The molecule has 0 bridgehead atoms. The topological polar surface area (TPSA) is 78.8 Å². The summed E-state index contributed by atoms with van der Waals surface area (Å²) in [6.07, 6.45) is -4.49. The van der Waals surface area contributed by atoms with Crippen molar-refractivity contribution in [3.05, 3.63) is 83.0 Å². The van der Waals surface area contributed by atoms with Crippen molar-refractivity contribution in [3.8, 4) is 22.9 Å². The molecule has 0 aliphatic carbocycles. The van der Waals surface area contributed by atoms with Crippen LogP contribution in [0.25, 0.3) is 16.6 Å². The van der Waals surface area contributed by atoms with Gasteiger partial charge in [0, 0.05) is 11.1 Å². The average molecular weight is 575 g/mol. The average Bonchev–Trinajstić information content (AvgIpc) is 3.19. The molecule has 11 heteroatoms. The number of carbonyl (C=O) groups is 2. The van der Waals surface area contributed by atoms with Gasteiger partial charge >= 0.3 is 12.1 Å². The van der Waals surface area contributed by atoms with E-state index in [0.717, 1.165) is 12.1 Å². The van der Waals surface area contributed by atoms with Gasteiger partial charge in [-0.1, -0.05) is 11.6 Å². The number of hydrogen-bond donors (Lipinski definition) is 1. The molecule has 1 N–H and O–H groups in total. The molecule has 3 aromatic carbocycles. The van der Waals surface area contributed by atoms with Gasteiger partial charge in [-0.3, -0.25) is 9.59 Å². The Morgan fingerprint density at radius 2 is 1.57 bits per heavy atom. The van der Waals surface area contributed by atoms with E-state index in [1.165, 1.54) is 12.1 Å². The monoisotopic (exact) mass is 574 g/mol. The number of amides is 1. The Balaban J connectivity index is 1.74. The van der Waals surface area contributed by atoms with E-state index in [1.807, 2.05) is 13.8 Å². The largest absolute Gasteiger partial charge is 0.491 e. The molecular weight excluding hydrogens is 549 g/mol. The molecule has 210 valence electrons. The zero-order valence-corrected chi connectivity index (χ0v) is 22.6. The van der Waals surface area contributed by atoms with Gasteiger partial charge in [-0.2, -0.15) is 13.2 Å². The third-order valence-corrected chi connectivity index (χ3v) is 6.06. The van der Waals surface area contributed by atoms with Crippen molar-refractivity contribution in [1.82, 2.24) is 9.88 Å². The standard InChI is InChI=1S/C29H26ClF3N2O5/c1-4-38-25(36)16-34-28(37)27-26(30)23-15-22(40-21-9-5-18(6-10-21)29(31,32)33)13-14-24(23)35(27)19-7-11-20(12-8-19)39-17(2)3/h5-15,17H,4,16H2,1-3H3,(H,34,37). The first-order valence-electron chi connectivity index (χ1n) is 12.4. The molecule has 0 aliphatic heterocycles. The number of rotatable bonds is 9. The van der Waals surface area contributed by atoms with Crippen LogP contribution in [0.2, 0.25) is 5.02 Å². The second-order valence-corrected chi connectivity index (χ2v) is 9.33. The molecule has 40 heavy (non-hydrogen) atoms. The van der Waals surface area contributed by atoms with Crippen LogP contribution < -0.4 is 14.8 Å². The minimum Gasteiger partial charge on any atom is -0.491 e. The van der Waals surface area contributed by atoms with Crippen LogP contribution in [0, 0.1) is 0 Å². The lowest BCUT2D eigenvalue weighted by Crippen LogP contribution is -2.32. The summed E-state index contributed by atoms with van der Waals surface area (Å²) in [4.78, 5) is 25.1. The van der Waals surface area contributed by atoms with Crippen LogP contribution in [0.3, 0.4) is 0 Å². The minimum absolute atomic E-state index is 0.0278. The number of fused-ring (bicyclic) bond motifs is 1. The molecular formula is C29H26ClF3N2O5. The maximum atomic E-state index is 13.3. The van der Waals surface area contributed by atoms with Crippen molar-refractivity contribution < 1.29 is 37.0 Å². The van der Waals surface area contributed by atoms with Crippen molar-refractivity contribution in [2.75, 3.05) is 13.2 Å². The lowest BCUT2D eigenvalue weighted by atomic mass is 10.2. The number of nitrogens with zero attached hydrogens (tertiary/aromatic N) is 1. The van der Waals surface area contributed by atoms with E-state index in [2.05, 4.69) is 5.32 Å². The highest BCUT2D eigenvalue weighted by atomic mass is 35.5. The third kappa shape index (κ3) is 6.51. The zero-order valence-electron chi connectivity index (χ0n) is 21.8. The van der Waals surface area contributed by atoms with Gasteiger partial charge in [-0.15, -0.1) is 0 Å². The van der Waals surface area contributed by atoms with E-state index >= 15 is 0 Å². The van der Waals surface area contributed by atoms with Gasteiger partial charge < -0.3 is 24.1 Å². The number of ether oxygens (including phenoxy) is 3. The summed E-state index contributed by atoms with van der Waals surface area (Å²) < 4.78 is 56.7. The Labute approximate surface area is 233 Å². The number of benzene rings is 3. The Morgan fingerprint density at radius 1 is 0.950 bits per heavy atom. The summed E-state index contributed by atoms with van der Waals surface area (Å²) in [6, 6.07) is 16.2. The first-order valence-corrected chi connectivity index (χ1v) is 12.8. The minimum atomic E-state index is -4.46. The van der Waals surface area contributed by atoms with E-state index in [0.29, 0.717) is 28.1 Å². The van der Waals surface area contributed by atoms with Crippen LogP contribution in [0.1, 0.15) is 36.8 Å². The molecule has 0 spiro atoms. The Kier molecular flexibility index (Phi) is 8.58. The second kappa shape index (κ2) is 11.9. The molecule has 0 aliphatic rings. The third-order valence-electron chi connectivity index (χ3n) is 5.67. The maximum Gasteiger partial charge on any atom is 0.416 e. The number of alkyl halides is 3. The predicted octanol–water partition coefficient (Wildman–Crippen LogP) is 7.18. The van der Waals surface area contributed by atoms with Crippen LogP contribution in [0.4, 0.5) is 13.2 Å². The highest BCUT2D eigenvalue weighted by Crippen LogP contribution is 2.37. The molecule has 7 nitrogen and oxygen atoms in total. The molecule has 0 saturated carbocycles. The number of carbonyl (C=O) groups excluding carboxylic acids is 2. The fourth-order valence-corrected chi connectivity index (χ4v) is 4.33. The van der Waals surface area contributed by atoms with Gasteiger partial charge in [0.1, 0.15) is 29.5 Å². The van der Waals surface area contributed by atoms with Crippen LogP contribution in [-0.2, 0) is 15.7 Å². The van der Waals surface area contributed by atoms with Crippen LogP contribution in [0.15, 0.2) is 66.7 Å². The molecule has 0 saturated heterocycles. The zero-order chi connectivity index (χ0) is 29.0. The van der Waals surface area contributed by atoms with Gasteiger partial charge in [-0.25, -0.2) is 0 Å². The molecule has 4 aromatic rings. The van der Waals surface area contributed by atoms with Crippen LogP contribution in [-0.4, -0.2) is 35.7 Å². The van der Waals surface area contributed by atoms with Crippen molar-refractivity contribution in [2.45, 2.75) is 33.1 Å². The van der Waals surface area contributed by atoms with E-state index in [9.17, 15) is 22.8 Å². The van der Waals surface area contributed by atoms with Gasteiger partial charge in [0.05, 0.1) is 28.8 Å². The fraction of sp³-hybridized carbons (Fsp3) is 0.241. The van der Waals surface area contributed by atoms with Gasteiger partial charge in [-0.05, 0) is 87.5 Å². The van der Waals surface area contributed by atoms with E-state index in [-0.39, 0.29) is 35.7 Å². The lowest BCUT2D eigenvalue weighted by Gasteiger charge is -2.14.